The third kappa shape index (κ3) is 1.21. The van der Waals surface area contributed by atoms with Crippen molar-refractivity contribution in [1.82, 2.24) is 10.2 Å². The van der Waals surface area contributed by atoms with Gasteiger partial charge in [0.2, 0.25) is 5.91 Å². The minimum Gasteiger partial charge on any atom is -0.365 e. The first-order valence-electron chi connectivity index (χ1n) is 4.37. The van der Waals surface area contributed by atoms with Crippen molar-refractivity contribution in [3.8, 4) is 0 Å². The molecule has 2 heterocycles. The number of likely N-dealkylation sites (N-methyl/N-ethyl adjacent to an activating group) is 1. The number of amides is 1. The Balaban J connectivity index is 2.08. The average Bonchev–Trinajstić information content (AvgIpc) is 2.12. The number of nitrogens with zero attached hydrogens (tertiary/aromatic N) is 1. The lowest BCUT2D eigenvalue weighted by Crippen LogP contribution is -2.59. The van der Waals surface area contributed by atoms with Crippen LogP contribution in [-0.2, 0) is 9.53 Å². The Morgan fingerprint density at radius 1 is 1.67 bits per heavy atom. The molecule has 2 saturated heterocycles. The third-order valence-electron chi connectivity index (χ3n) is 2.70. The molecule has 4 heteroatoms. The molecule has 0 aromatic heterocycles. The van der Waals surface area contributed by atoms with Crippen LogP contribution in [0, 0.1) is 0 Å². The van der Waals surface area contributed by atoms with E-state index in [1.807, 2.05) is 11.9 Å². The first-order chi connectivity index (χ1) is 5.79. The predicted octanol–water partition coefficient (Wildman–Crippen LogP) is -0.794. The second-order valence-corrected chi connectivity index (χ2v) is 3.41. The monoisotopic (exact) mass is 170 g/mol. The number of piperidine rings is 1. The Bertz CT molecular complexity index is 195. The van der Waals surface area contributed by atoms with Gasteiger partial charge < -0.3 is 15.0 Å². The highest BCUT2D eigenvalue weighted by atomic mass is 16.5. The summed E-state index contributed by atoms with van der Waals surface area (Å²) in [5.41, 5.74) is 0. The molecule has 0 aromatic carbocycles. The zero-order valence-corrected chi connectivity index (χ0v) is 7.25. The summed E-state index contributed by atoms with van der Waals surface area (Å²) in [4.78, 5) is 13.1. The highest BCUT2D eigenvalue weighted by Gasteiger charge is 2.35. The van der Waals surface area contributed by atoms with Gasteiger partial charge in [-0.3, -0.25) is 4.79 Å². The Morgan fingerprint density at radius 2 is 2.50 bits per heavy atom. The van der Waals surface area contributed by atoms with Gasteiger partial charge in [-0.25, -0.2) is 0 Å². The molecule has 0 aromatic rings. The van der Waals surface area contributed by atoms with E-state index < -0.39 is 0 Å². The maximum atomic E-state index is 11.2. The minimum atomic E-state index is 0.109. The number of carbonyl (C=O) groups excluding carboxylic acids is 1. The van der Waals surface area contributed by atoms with Crippen LogP contribution in [0.4, 0.5) is 0 Å². The Morgan fingerprint density at radius 3 is 3.33 bits per heavy atom. The second-order valence-electron chi connectivity index (χ2n) is 3.41. The van der Waals surface area contributed by atoms with E-state index in [1.165, 1.54) is 0 Å². The van der Waals surface area contributed by atoms with Crippen molar-refractivity contribution in [1.29, 1.82) is 0 Å². The number of fused-ring (bicyclic) bond motifs is 1. The van der Waals surface area contributed by atoms with Crippen LogP contribution in [0.25, 0.3) is 0 Å². The molecular weight excluding hydrogens is 156 g/mol. The van der Waals surface area contributed by atoms with Gasteiger partial charge in [0, 0.05) is 13.6 Å². The van der Waals surface area contributed by atoms with Crippen LogP contribution in [-0.4, -0.2) is 49.7 Å². The van der Waals surface area contributed by atoms with Crippen molar-refractivity contribution in [2.24, 2.45) is 0 Å². The lowest BCUT2D eigenvalue weighted by molar-refractivity contribution is -0.156. The Kier molecular flexibility index (Phi) is 2.02. The van der Waals surface area contributed by atoms with E-state index in [-0.39, 0.29) is 18.6 Å². The Labute approximate surface area is 71.9 Å². The summed E-state index contributed by atoms with van der Waals surface area (Å²) < 4.78 is 5.41. The molecule has 12 heavy (non-hydrogen) atoms. The molecule has 2 aliphatic rings. The molecule has 0 spiro atoms. The quantitative estimate of drug-likeness (QED) is 0.518. The number of hydrogen-bond donors (Lipinski definition) is 1. The molecule has 1 N–H and O–H groups in total. The van der Waals surface area contributed by atoms with Crippen LogP contribution in [0.2, 0.25) is 0 Å². The molecule has 68 valence electrons. The molecule has 2 fully saturated rings. The highest BCUT2D eigenvalue weighted by Crippen LogP contribution is 2.18. The SMILES string of the molecule is CN1C(=O)COC2CNCCC21. The van der Waals surface area contributed by atoms with Gasteiger partial charge in [-0.15, -0.1) is 0 Å². The molecule has 4 nitrogen and oxygen atoms in total. The molecule has 0 radical (unpaired) electrons. The van der Waals surface area contributed by atoms with E-state index >= 15 is 0 Å². The molecule has 0 aliphatic carbocycles. The van der Waals surface area contributed by atoms with Crippen molar-refractivity contribution in [2.75, 3.05) is 26.7 Å². The number of ether oxygens (including phenoxy) is 1. The van der Waals surface area contributed by atoms with Gasteiger partial charge >= 0.3 is 0 Å². The van der Waals surface area contributed by atoms with Gasteiger partial charge in [-0.2, -0.15) is 0 Å². The fourth-order valence-electron chi connectivity index (χ4n) is 1.89. The maximum Gasteiger partial charge on any atom is 0.248 e. The minimum absolute atomic E-state index is 0.109. The molecule has 2 aliphatic heterocycles. The Hall–Kier alpha value is -0.610. The first-order valence-corrected chi connectivity index (χ1v) is 4.37. The first kappa shape index (κ1) is 8.01. The largest absolute Gasteiger partial charge is 0.365 e. The van der Waals surface area contributed by atoms with Crippen LogP contribution in [0.15, 0.2) is 0 Å². The smallest absolute Gasteiger partial charge is 0.248 e. The molecule has 0 saturated carbocycles. The van der Waals surface area contributed by atoms with Gasteiger partial charge in [0.25, 0.3) is 0 Å². The normalized spacial score (nSPS) is 36.4. The van der Waals surface area contributed by atoms with Crippen LogP contribution >= 0.6 is 0 Å². The molecule has 2 rings (SSSR count). The van der Waals surface area contributed by atoms with Gasteiger partial charge in [0.1, 0.15) is 6.61 Å². The summed E-state index contributed by atoms with van der Waals surface area (Å²) >= 11 is 0. The maximum absolute atomic E-state index is 11.2. The standard InChI is InChI=1S/C8H14N2O2/c1-10-6-2-3-9-4-7(6)12-5-8(10)11/h6-7,9H,2-5H2,1H3. The van der Waals surface area contributed by atoms with Crippen LogP contribution < -0.4 is 5.32 Å². The van der Waals surface area contributed by atoms with Gasteiger partial charge in [-0.1, -0.05) is 0 Å². The van der Waals surface area contributed by atoms with Crippen LogP contribution in [0.3, 0.4) is 0 Å². The van der Waals surface area contributed by atoms with Crippen LogP contribution in [0.5, 0.6) is 0 Å². The zero-order chi connectivity index (χ0) is 8.55. The van der Waals surface area contributed by atoms with Gasteiger partial charge in [0.05, 0.1) is 12.1 Å². The summed E-state index contributed by atoms with van der Waals surface area (Å²) in [6, 6.07) is 0.299. The third-order valence-corrected chi connectivity index (χ3v) is 2.70. The van der Waals surface area contributed by atoms with E-state index in [0.29, 0.717) is 6.04 Å². The molecule has 2 unspecified atom stereocenters. The fourth-order valence-corrected chi connectivity index (χ4v) is 1.89. The van der Waals surface area contributed by atoms with E-state index in [1.54, 1.807) is 0 Å². The number of carbonyl (C=O) groups is 1. The summed E-state index contributed by atoms with van der Waals surface area (Å²) in [6.45, 7) is 2.11. The highest BCUT2D eigenvalue weighted by molar-refractivity contribution is 5.78. The second kappa shape index (κ2) is 3.03. The number of hydrogen-bond acceptors (Lipinski definition) is 3. The van der Waals surface area contributed by atoms with E-state index in [9.17, 15) is 4.79 Å². The zero-order valence-electron chi connectivity index (χ0n) is 7.25. The van der Waals surface area contributed by atoms with Gasteiger partial charge in [0.15, 0.2) is 0 Å². The number of rotatable bonds is 0. The van der Waals surface area contributed by atoms with Crippen molar-refractivity contribution in [3.63, 3.8) is 0 Å². The fraction of sp³-hybridized carbons (Fsp3) is 0.875. The number of morpholine rings is 1. The van der Waals surface area contributed by atoms with E-state index in [4.69, 9.17) is 4.74 Å². The average molecular weight is 170 g/mol. The molecule has 2 atom stereocenters. The van der Waals surface area contributed by atoms with Gasteiger partial charge in [-0.05, 0) is 13.0 Å². The summed E-state index contributed by atoms with van der Waals surface area (Å²) in [7, 11) is 1.87. The predicted molar refractivity (Wildman–Crippen MR) is 43.8 cm³/mol. The van der Waals surface area contributed by atoms with Crippen molar-refractivity contribution in [2.45, 2.75) is 18.6 Å². The van der Waals surface area contributed by atoms with E-state index in [0.717, 1.165) is 19.5 Å². The lowest BCUT2D eigenvalue weighted by Gasteiger charge is -2.41. The summed E-state index contributed by atoms with van der Waals surface area (Å²) in [6.07, 6.45) is 1.22. The summed E-state index contributed by atoms with van der Waals surface area (Å²) in [5, 5.41) is 3.26. The van der Waals surface area contributed by atoms with Crippen molar-refractivity contribution in [3.05, 3.63) is 0 Å². The number of nitrogens with one attached hydrogen (secondary N) is 1. The van der Waals surface area contributed by atoms with Crippen molar-refractivity contribution >= 4 is 5.91 Å². The van der Waals surface area contributed by atoms with E-state index in [2.05, 4.69) is 5.32 Å². The van der Waals surface area contributed by atoms with Crippen LogP contribution in [0.1, 0.15) is 6.42 Å². The molecule has 1 amide bonds. The summed E-state index contributed by atoms with van der Waals surface area (Å²) in [5.74, 6) is 0.109. The molecule has 0 bridgehead atoms. The molecular formula is C8H14N2O2. The van der Waals surface area contributed by atoms with Crippen molar-refractivity contribution < 1.29 is 9.53 Å². The topological polar surface area (TPSA) is 41.6 Å². The lowest BCUT2D eigenvalue weighted by atomic mass is 10.0.